The number of aromatic nitrogens is 2. The van der Waals surface area contributed by atoms with Gasteiger partial charge in [0.25, 0.3) is 0 Å². The Morgan fingerprint density at radius 1 is 1.35 bits per heavy atom. The average Bonchev–Trinajstić information content (AvgIpc) is 2.68. The lowest BCUT2D eigenvalue weighted by Crippen LogP contribution is -2.23. The van der Waals surface area contributed by atoms with E-state index in [0.717, 1.165) is 11.3 Å². The van der Waals surface area contributed by atoms with Gasteiger partial charge < -0.3 is 0 Å². The highest BCUT2D eigenvalue weighted by molar-refractivity contribution is 7.89. The minimum absolute atomic E-state index is 0.0341. The first-order valence-electron chi connectivity index (χ1n) is 5.73. The molecule has 0 spiro atoms. The smallest absolute Gasteiger partial charge is 0.242 e. The van der Waals surface area contributed by atoms with Crippen molar-refractivity contribution in [2.45, 2.75) is 18.4 Å². The van der Waals surface area contributed by atoms with Gasteiger partial charge in [0.2, 0.25) is 10.0 Å². The number of benzene rings is 1. The molecule has 0 saturated heterocycles. The SMILES string of the molecule is Cc1nn(C)cc1CNS(=O)(=O)c1cc(Cl)ccc1Cl. The Morgan fingerprint density at radius 2 is 2.05 bits per heavy atom. The van der Waals surface area contributed by atoms with Crippen molar-refractivity contribution in [1.29, 1.82) is 0 Å². The van der Waals surface area contributed by atoms with Crippen LogP contribution in [0.15, 0.2) is 29.3 Å². The Morgan fingerprint density at radius 3 is 2.65 bits per heavy atom. The number of hydrogen-bond acceptors (Lipinski definition) is 3. The van der Waals surface area contributed by atoms with Crippen molar-refractivity contribution in [2.24, 2.45) is 7.05 Å². The van der Waals surface area contributed by atoms with Crippen LogP contribution in [0.25, 0.3) is 0 Å². The minimum atomic E-state index is -3.72. The third kappa shape index (κ3) is 3.32. The zero-order valence-electron chi connectivity index (χ0n) is 10.9. The van der Waals surface area contributed by atoms with E-state index in [9.17, 15) is 8.42 Å². The predicted molar refractivity (Wildman–Crippen MR) is 78.4 cm³/mol. The van der Waals surface area contributed by atoms with Gasteiger partial charge in [-0.05, 0) is 25.1 Å². The maximum Gasteiger partial charge on any atom is 0.242 e. The normalized spacial score (nSPS) is 11.8. The fourth-order valence-corrected chi connectivity index (χ4v) is 3.52. The lowest BCUT2D eigenvalue weighted by molar-refractivity contribution is 0.581. The topological polar surface area (TPSA) is 64.0 Å². The van der Waals surface area contributed by atoms with Gasteiger partial charge in [0.1, 0.15) is 4.90 Å². The number of hydrogen-bond donors (Lipinski definition) is 1. The molecule has 1 aromatic carbocycles. The second-order valence-corrected chi connectivity index (χ2v) is 6.89. The molecule has 20 heavy (non-hydrogen) atoms. The van der Waals surface area contributed by atoms with Crippen molar-refractivity contribution in [3.8, 4) is 0 Å². The lowest BCUT2D eigenvalue weighted by Gasteiger charge is -2.08. The Labute approximate surface area is 127 Å². The molecule has 0 amide bonds. The molecule has 1 heterocycles. The largest absolute Gasteiger partial charge is 0.275 e. The molecular formula is C12H13Cl2N3O2S. The van der Waals surface area contributed by atoms with E-state index < -0.39 is 10.0 Å². The standard InChI is InChI=1S/C12H13Cl2N3O2S/c1-8-9(7-17(2)16-8)6-15-20(18,19)12-5-10(13)3-4-11(12)14/h3-5,7,15H,6H2,1-2H3. The van der Waals surface area contributed by atoms with Crippen molar-refractivity contribution in [1.82, 2.24) is 14.5 Å². The van der Waals surface area contributed by atoms with Crippen LogP contribution < -0.4 is 4.72 Å². The molecule has 0 aliphatic rings. The summed E-state index contributed by atoms with van der Waals surface area (Å²) in [5.41, 5.74) is 1.57. The van der Waals surface area contributed by atoms with Crippen LogP contribution in [0.3, 0.4) is 0 Å². The highest BCUT2D eigenvalue weighted by Crippen LogP contribution is 2.25. The summed E-state index contributed by atoms with van der Waals surface area (Å²) in [5, 5.41) is 4.59. The first-order valence-corrected chi connectivity index (χ1v) is 7.97. The van der Waals surface area contributed by atoms with Crippen LogP contribution in [0, 0.1) is 6.92 Å². The van der Waals surface area contributed by atoms with Crippen LogP contribution in [-0.2, 0) is 23.6 Å². The summed E-state index contributed by atoms with van der Waals surface area (Å²) in [6, 6.07) is 4.31. The van der Waals surface area contributed by atoms with Gasteiger partial charge >= 0.3 is 0 Å². The summed E-state index contributed by atoms with van der Waals surface area (Å²) in [4.78, 5) is -0.0341. The number of sulfonamides is 1. The van der Waals surface area contributed by atoms with E-state index in [1.54, 1.807) is 17.9 Å². The Bertz CT molecular complexity index is 741. The van der Waals surface area contributed by atoms with Gasteiger partial charge in [-0.2, -0.15) is 5.10 Å². The summed E-state index contributed by atoms with van der Waals surface area (Å²) >= 11 is 11.7. The van der Waals surface area contributed by atoms with Crippen LogP contribution in [-0.4, -0.2) is 18.2 Å². The molecule has 0 aliphatic carbocycles. The quantitative estimate of drug-likeness (QED) is 0.934. The third-order valence-corrected chi connectivity index (χ3v) is 4.87. The van der Waals surface area contributed by atoms with Crippen molar-refractivity contribution in [2.75, 3.05) is 0 Å². The van der Waals surface area contributed by atoms with E-state index >= 15 is 0 Å². The molecule has 0 radical (unpaired) electrons. The molecule has 5 nitrogen and oxygen atoms in total. The van der Waals surface area contributed by atoms with Gasteiger partial charge in [-0.1, -0.05) is 23.2 Å². The van der Waals surface area contributed by atoms with Gasteiger partial charge in [0, 0.05) is 30.4 Å². The van der Waals surface area contributed by atoms with Crippen molar-refractivity contribution in [3.05, 3.63) is 45.7 Å². The number of nitrogens with zero attached hydrogens (tertiary/aromatic N) is 2. The number of halogens is 2. The monoisotopic (exact) mass is 333 g/mol. The van der Waals surface area contributed by atoms with E-state index in [1.807, 2.05) is 6.92 Å². The molecule has 108 valence electrons. The highest BCUT2D eigenvalue weighted by Gasteiger charge is 2.18. The van der Waals surface area contributed by atoms with E-state index in [4.69, 9.17) is 23.2 Å². The van der Waals surface area contributed by atoms with Crippen LogP contribution in [0.1, 0.15) is 11.3 Å². The molecule has 0 saturated carbocycles. The van der Waals surface area contributed by atoms with Crippen molar-refractivity contribution >= 4 is 33.2 Å². The Hall–Kier alpha value is -1.08. The van der Waals surface area contributed by atoms with E-state index in [1.165, 1.54) is 18.2 Å². The summed E-state index contributed by atoms with van der Waals surface area (Å²) in [6.45, 7) is 1.96. The third-order valence-electron chi connectivity index (χ3n) is 2.75. The predicted octanol–water partition coefficient (Wildman–Crippen LogP) is 2.51. The summed E-state index contributed by atoms with van der Waals surface area (Å²) < 4.78 is 28.6. The summed E-state index contributed by atoms with van der Waals surface area (Å²) in [5.74, 6) is 0. The van der Waals surface area contributed by atoms with Gasteiger partial charge in [0.15, 0.2) is 0 Å². The number of rotatable bonds is 4. The molecule has 1 N–H and O–H groups in total. The fraction of sp³-hybridized carbons (Fsp3) is 0.250. The van der Waals surface area contributed by atoms with Crippen LogP contribution in [0.2, 0.25) is 10.0 Å². The molecule has 0 unspecified atom stereocenters. The first-order chi connectivity index (χ1) is 9.29. The molecular weight excluding hydrogens is 321 g/mol. The molecule has 1 aromatic heterocycles. The molecule has 8 heteroatoms. The number of aryl methyl sites for hydroxylation is 2. The van der Waals surface area contributed by atoms with E-state index in [2.05, 4.69) is 9.82 Å². The van der Waals surface area contributed by atoms with Crippen LogP contribution in [0.4, 0.5) is 0 Å². The molecule has 0 fully saturated rings. The van der Waals surface area contributed by atoms with Crippen molar-refractivity contribution in [3.63, 3.8) is 0 Å². The zero-order valence-corrected chi connectivity index (χ0v) is 13.2. The maximum atomic E-state index is 12.2. The molecule has 0 bridgehead atoms. The van der Waals surface area contributed by atoms with Crippen LogP contribution >= 0.6 is 23.2 Å². The number of nitrogens with one attached hydrogen (secondary N) is 1. The molecule has 0 aliphatic heterocycles. The van der Waals surface area contributed by atoms with Gasteiger partial charge in [-0.3, -0.25) is 4.68 Å². The highest BCUT2D eigenvalue weighted by atomic mass is 35.5. The Kier molecular flexibility index (Phi) is 4.39. The maximum absolute atomic E-state index is 12.2. The second kappa shape index (κ2) is 5.73. The van der Waals surface area contributed by atoms with Gasteiger partial charge in [-0.25, -0.2) is 13.1 Å². The van der Waals surface area contributed by atoms with E-state index in [-0.39, 0.29) is 16.5 Å². The van der Waals surface area contributed by atoms with E-state index in [0.29, 0.717) is 5.02 Å². The molecule has 2 aromatic rings. The fourth-order valence-electron chi connectivity index (χ4n) is 1.76. The first kappa shape index (κ1) is 15.3. The molecule has 0 atom stereocenters. The lowest BCUT2D eigenvalue weighted by atomic mass is 10.3. The summed E-state index contributed by atoms with van der Waals surface area (Å²) in [7, 11) is -1.95. The Balaban J connectivity index is 2.23. The van der Waals surface area contributed by atoms with Gasteiger partial charge in [-0.15, -0.1) is 0 Å². The second-order valence-electron chi connectivity index (χ2n) is 4.31. The van der Waals surface area contributed by atoms with Crippen molar-refractivity contribution < 1.29 is 8.42 Å². The van der Waals surface area contributed by atoms with Crippen LogP contribution in [0.5, 0.6) is 0 Å². The average molecular weight is 334 g/mol. The summed E-state index contributed by atoms with van der Waals surface area (Å²) in [6.07, 6.45) is 1.76. The zero-order chi connectivity index (χ0) is 14.9. The minimum Gasteiger partial charge on any atom is -0.275 e. The molecule has 2 rings (SSSR count). The van der Waals surface area contributed by atoms with Gasteiger partial charge in [0.05, 0.1) is 10.7 Å².